The molecule has 33 heavy (non-hydrogen) atoms. The molecule has 174 valence electrons. The van der Waals surface area contributed by atoms with Crippen LogP contribution >= 0.6 is 23.1 Å². The largest absolute Gasteiger partial charge is 0.490 e. The monoisotopic (exact) mass is 523 g/mol. The van der Waals surface area contributed by atoms with Crippen LogP contribution in [0.1, 0.15) is 23.2 Å². The summed E-state index contributed by atoms with van der Waals surface area (Å²) < 4.78 is 58.4. The van der Waals surface area contributed by atoms with Gasteiger partial charge < -0.3 is 4.74 Å². The van der Waals surface area contributed by atoms with Crippen molar-refractivity contribution in [2.24, 2.45) is 0 Å². The quantitative estimate of drug-likeness (QED) is 0.499. The van der Waals surface area contributed by atoms with Gasteiger partial charge in [-0.25, -0.2) is 21.6 Å². The van der Waals surface area contributed by atoms with Crippen LogP contribution in [0.5, 0.6) is 5.75 Å². The fourth-order valence-corrected chi connectivity index (χ4v) is 8.16. The molecule has 1 N–H and O–H groups in total. The Morgan fingerprint density at radius 2 is 1.58 bits per heavy atom. The smallest absolute Gasteiger partial charge is 0.273 e. The van der Waals surface area contributed by atoms with E-state index in [1.807, 2.05) is 16.5 Å². The van der Waals surface area contributed by atoms with Gasteiger partial charge in [-0.1, -0.05) is 18.2 Å². The number of hydrogen-bond donors (Lipinski definition) is 1. The molecule has 0 radical (unpaired) electrons. The molecule has 0 unspecified atom stereocenters. The predicted molar refractivity (Wildman–Crippen MR) is 128 cm³/mol. The third-order valence-corrected chi connectivity index (χ3v) is 10.7. The molecular formula is C22H21NO6S4. The van der Waals surface area contributed by atoms with Gasteiger partial charge in [0.05, 0.1) is 9.79 Å². The zero-order valence-electron chi connectivity index (χ0n) is 17.3. The van der Waals surface area contributed by atoms with Crippen molar-refractivity contribution < 1.29 is 26.4 Å². The molecule has 0 saturated carbocycles. The number of carbonyl (C=O) groups is 1. The Morgan fingerprint density at radius 1 is 0.909 bits per heavy atom. The highest BCUT2D eigenvalue weighted by Crippen LogP contribution is 2.28. The summed E-state index contributed by atoms with van der Waals surface area (Å²) in [6.45, 7) is 0. The van der Waals surface area contributed by atoms with Crippen molar-refractivity contribution in [2.75, 3.05) is 11.5 Å². The third-order valence-electron chi connectivity index (χ3n) is 4.99. The number of carbonyl (C=O) groups excluding carboxylic acids is 1. The van der Waals surface area contributed by atoms with Crippen LogP contribution in [0.4, 0.5) is 0 Å². The van der Waals surface area contributed by atoms with Crippen LogP contribution in [0.3, 0.4) is 0 Å². The maximum absolute atomic E-state index is 12.7. The summed E-state index contributed by atoms with van der Waals surface area (Å²) in [6.07, 6.45) is 2.08. The van der Waals surface area contributed by atoms with E-state index in [-0.39, 0.29) is 25.7 Å². The van der Waals surface area contributed by atoms with Crippen molar-refractivity contribution >= 4 is 48.9 Å². The molecule has 1 aromatic heterocycles. The van der Waals surface area contributed by atoms with Gasteiger partial charge in [-0.15, -0.1) is 11.3 Å². The fourth-order valence-electron chi connectivity index (χ4n) is 3.22. The van der Waals surface area contributed by atoms with Crippen LogP contribution in [-0.2, 0) is 19.9 Å². The summed E-state index contributed by atoms with van der Waals surface area (Å²) in [5, 5.41) is 1.25. The molecule has 3 aromatic rings. The number of nitrogens with one attached hydrogen (secondary N) is 1. The summed E-state index contributed by atoms with van der Waals surface area (Å²) in [5.41, 5.74) is 0.152. The second-order valence-corrected chi connectivity index (χ2v) is 13.3. The average molecular weight is 524 g/mol. The number of sulfone groups is 1. The summed E-state index contributed by atoms with van der Waals surface area (Å²) in [5.74, 6) is 1.93. The van der Waals surface area contributed by atoms with Gasteiger partial charge in [0.15, 0.2) is 0 Å². The topological polar surface area (TPSA) is 107 Å². The van der Waals surface area contributed by atoms with Gasteiger partial charge in [0.1, 0.15) is 16.1 Å². The van der Waals surface area contributed by atoms with E-state index < -0.39 is 25.8 Å². The first-order chi connectivity index (χ1) is 15.8. The Bertz CT molecular complexity index is 1330. The van der Waals surface area contributed by atoms with Gasteiger partial charge in [-0.3, -0.25) is 4.79 Å². The van der Waals surface area contributed by atoms with E-state index >= 15 is 0 Å². The first-order valence-electron chi connectivity index (χ1n) is 10.1. The lowest BCUT2D eigenvalue weighted by atomic mass is 10.2. The lowest BCUT2D eigenvalue weighted by Gasteiger charge is -2.22. The van der Waals surface area contributed by atoms with Gasteiger partial charge in [0.2, 0.25) is 9.84 Å². The first kappa shape index (κ1) is 23.8. The van der Waals surface area contributed by atoms with Crippen molar-refractivity contribution in [2.45, 2.75) is 32.9 Å². The van der Waals surface area contributed by atoms with Gasteiger partial charge in [0, 0.05) is 10.9 Å². The van der Waals surface area contributed by atoms with E-state index in [0.29, 0.717) is 5.75 Å². The molecule has 1 aliphatic rings. The van der Waals surface area contributed by atoms with Crippen LogP contribution in [0.15, 0.2) is 80.0 Å². The number of benzene rings is 2. The number of hydrogen-bond acceptors (Lipinski definition) is 8. The minimum absolute atomic E-state index is 0.0603. The van der Waals surface area contributed by atoms with Crippen LogP contribution in [0.25, 0.3) is 0 Å². The molecule has 0 bridgehead atoms. The molecule has 2 aromatic carbocycles. The second-order valence-electron chi connectivity index (χ2n) is 7.31. The highest BCUT2D eigenvalue weighted by Gasteiger charge is 2.25. The maximum Gasteiger partial charge on any atom is 0.273 e. The average Bonchev–Trinajstić information content (AvgIpc) is 3.33. The molecule has 0 atom stereocenters. The molecule has 1 saturated heterocycles. The highest BCUT2D eigenvalue weighted by molar-refractivity contribution is 7.99. The number of rotatable bonds is 7. The van der Waals surface area contributed by atoms with Crippen LogP contribution in [0, 0.1) is 0 Å². The van der Waals surface area contributed by atoms with E-state index in [4.69, 9.17) is 4.74 Å². The predicted octanol–water partition coefficient (Wildman–Crippen LogP) is 3.97. The molecule has 1 fully saturated rings. The SMILES string of the molecule is O=C(NS(=O)(=O)c1cc(S(=O)(=O)c2ccccc2)cs1)c1ccc(OC2CCSCC2)cc1. The number of sulfonamides is 1. The minimum Gasteiger partial charge on any atom is -0.490 e. The molecule has 11 heteroatoms. The molecule has 1 aliphatic heterocycles. The van der Waals surface area contributed by atoms with E-state index in [2.05, 4.69) is 0 Å². The molecule has 2 heterocycles. The normalized spacial score (nSPS) is 15.2. The summed E-state index contributed by atoms with van der Waals surface area (Å²) in [6, 6.07) is 15.1. The van der Waals surface area contributed by atoms with Crippen LogP contribution < -0.4 is 9.46 Å². The standard InChI is InChI=1S/C22H21NO6S4/c24-22(16-6-8-17(9-7-16)29-18-10-12-30-13-11-18)23-33(27,28)21-14-20(15-31-21)32(25,26)19-4-2-1-3-5-19/h1-9,14-15,18H,10-13H2,(H,23,24). The Balaban J connectivity index is 1.45. The molecular weight excluding hydrogens is 503 g/mol. The van der Waals surface area contributed by atoms with Crippen molar-refractivity contribution in [3.05, 3.63) is 71.6 Å². The van der Waals surface area contributed by atoms with E-state index in [9.17, 15) is 21.6 Å². The molecule has 4 rings (SSSR count). The molecule has 1 amide bonds. The third kappa shape index (κ3) is 5.60. The van der Waals surface area contributed by atoms with Crippen LogP contribution in [-0.4, -0.2) is 40.4 Å². The number of thioether (sulfide) groups is 1. The highest BCUT2D eigenvalue weighted by atomic mass is 32.2. The van der Waals surface area contributed by atoms with Crippen molar-refractivity contribution in [3.8, 4) is 5.75 Å². The lowest BCUT2D eigenvalue weighted by Crippen LogP contribution is -2.30. The number of ether oxygens (including phenoxy) is 1. The van der Waals surface area contributed by atoms with E-state index in [0.717, 1.165) is 41.8 Å². The molecule has 0 spiro atoms. The van der Waals surface area contributed by atoms with Crippen molar-refractivity contribution in [1.29, 1.82) is 0 Å². The number of amides is 1. The summed E-state index contributed by atoms with van der Waals surface area (Å²) in [4.78, 5) is 12.4. The van der Waals surface area contributed by atoms with E-state index in [1.165, 1.54) is 29.6 Å². The Morgan fingerprint density at radius 3 is 2.24 bits per heavy atom. The zero-order valence-corrected chi connectivity index (χ0v) is 20.6. The first-order valence-corrected chi connectivity index (χ1v) is 15.1. The van der Waals surface area contributed by atoms with Gasteiger partial charge in [-0.05, 0) is 66.8 Å². The van der Waals surface area contributed by atoms with E-state index in [1.54, 1.807) is 30.3 Å². The number of thiophene rings is 1. The zero-order chi connectivity index (χ0) is 23.5. The Kier molecular flexibility index (Phi) is 7.13. The second kappa shape index (κ2) is 9.88. The minimum atomic E-state index is -4.24. The van der Waals surface area contributed by atoms with Crippen molar-refractivity contribution in [3.63, 3.8) is 0 Å². The van der Waals surface area contributed by atoms with Gasteiger partial charge in [-0.2, -0.15) is 11.8 Å². The van der Waals surface area contributed by atoms with Crippen molar-refractivity contribution in [1.82, 2.24) is 4.72 Å². The Hall–Kier alpha value is -2.34. The maximum atomic E-state index is 12.7. The summed E-state index contributed by atoms with van der Waals surface area (Å²) in [7, 11) is -8.10. The summed E-state index contributed by atoms with van der Waals surface area (Å²) >= 11 is 2.63. The molecule has 0 aliphatic carbocycles. The van der Waals surface area contributed by atoms with Crippen LogP contribution in [0.2, 0.25) is 0 Å². The van der Waals surface area contributed by atoms with Gasteiger partial charge >= 0.3 is 0 Å². The Labute approximate surface area is 201 Å². The lowest BCUT2D eigenvalue weighted by molar-refractivity contribution is 0.0981. The molecule has 7 nitrogen and oxygen atoms in total. The van der Waals surface area contributed by atoms with Gasteiger partial charge in [0.25, 0.3) is 15.9 Å². The fraction of sp³-hybridized carbons (Fsp3) is 0.227.